The van der Waals surface area contributed by atoms with Crippen LogP contribution in [-0.4, -0.2) is 22.5 Å². The normalized spacial score (nSPS) is 11.8. The second-order valence-electron chi connectivity index (χ2n) is 2.64. The van der Waals surface area contributed by atoms with Crippen LogP contribution in [0.2, 0.25) is 5.15 Å². The molecule has 16 heavy (non-hydrogen) atoms. The molecule has 0 N–H and O–H groups in total. The van der Waals surface area contributed by atoms with Gasteiger partial charge in [-0.05, 0) is 15.9 Å². The molecule has 0 fully saturated rings. The fourth-order valence-electron chi connectivity index (χ4n) is 0.863. The van der Waals surface area contributed by atoms with Crippen LogP contribution in [0.4, 0.5) is 13.2 Å². The molecular formula is C7H5BrClF3N2O2. The summed E-state index contributed by atoms with van der Waals surface area (Å²) in [6.45, 7) is -0.930. The zero-order valence-corrected chi connectivity index (χ0v) is 9.93. The summed E-state index contributed by atoms with van der Waals surface area (Å²) >= 11 is 8.38. The number of halogens is 5. The van der Waals surface area contributed by atoms with Crippen molar-refractivity contribution >= 4 is 27.5 Å². The highest BCUT2D eigenvalue weighted by molar-refractivity contribution is 9.10. The van der Waals surface area contributed by atoms with E-state index in [1.807, 2.05) is 0 Å². The van der Waals surface area contributed by atoms with Crippen molar-refractivity contribution in [2.75, 3.05) is 6.61 Å². The Bertz CT molecular complexity index is 435. The Morgan fingerprint density at radius 3 is 2.75 bits per heavy atom. The minimum absolute atomic E-state index is 0.00340. The van der Waals surface area contributed by atoms with Gasteiger partial charge in [-0.1, -0.05) is 11.6 Å². The molecular weight excluding hydrogens is 316 g/mol. The smallest absolute Gasteiger partial charge is 0.296 e. The van der Waals surface area contributed by atoms with E-state index in [9.17, 15) is 18.0 Å². The van der Waals surface area contributed by atoms with Gasteiger partial charge in [-0.15, -0.1) is 13.2 Å². The van der Waals surface area contributed by atoms with Crippen molar-refractivity contribution in [2.45, 2.75) is 12.9 Å². The molecule has 1 aromatic rings. The maximum atomic E-state index is 11.6. The van der Waals surface area contributed by atoms with E-state index in [2.05, 4.69) is 25.7 Å². The van der Waals surface area contributed by atoms with Gasteiger partial charge in [0.15, 0.2) is 5.15 Å². The summed E-state index contributed by atoms with van der Waals surface area (Å²) in [7, 11) is 0. The molecule has 1 rings (SSSR count). The number of hydrogen-bond donors (Lipinski definition) is 0. The largest absolute Gasteiger partial charge is 0.522 e. The van der Waals surface area contributed by atoms with E-state index in [0.29, 0.717) is 0 Å². The third-order valence-corrected chi connectivity index (χ3v) is 2.77. The summed E-state index contributed by atoms with van der Waals surface area (Å²) in [6.07, 6.45) is -3.66. The van der Waals surface area contributed by atoms with Crippen molar-refractivity contribution < 1.29 is 17.9 Å². The number of nitrogens with zero attached hydrogens (tertiary/aromatic N) is 2. The highest BCUT2D eigenvalue weighted by Gasteiger charge is 2.28. The molecule has 0 bridgehead atoms. The van der Waals surface area contributed by atoms with Crippen LogP contribution in [0.3, 0.4) is 0 Å². The molecule has 0 spiro atoms. The Balaban J connectivity index is 2.69. The van der Waals surface area contributed by atoms with Gasteiger partial charge in [0.1, 0.15) is 4.47 Å². The van der Waals surface area contributed by atoms with E-state index in [-0.39, 0.29) is 16.2 Å². The summed E-state index contributed by atoms with van der Waals surface area (Å²) in [4.78, 5) is 15.0. The first-order valence-corrected chi connectivity index (χ1v) is 5.09. The van der Waals surface area contributed by atoms with Gasteiger partial charge in [-0.2, -0.15) is 0 Å². The molecule has 1 heterocycles. The first-order valence-electron chi connectivity index (χ1n) is 3.92. The lowest BCUT2D eigenvalue weighted by Crippen LogP contribution is -2.25. The first kappa shape index (κ1) is 13.5. The van der Waals surface area contributed by atoms with Crippen LogP contribution in [0.1, 0.15) is 0 Å². The van der Waals surface area contributed by atoms with Crippen molar-refractivity contribution in [3.8, 4) is 0 Å². The number of ether oxygens (including phenoxy) is 1. The van der Waals surface area contributed by atoms with Gasteiger partial charge in [0.2, 0.25) is 0 Å². The summed E-state index contributed by atoms with van der Waals surface area (Å²) in [5.41, 5.74) is -0.564. The zero-order valence-electron chi connectivity index (χ0n) is 7.59. The molecule has 0 saturated carbocycles. The van der Waals surface area contributed by atoms with Crippen LogP contribution in [0.5, 0.6) is 0 Å². The predicted octanol–water partition coefficient (Wildman–Crippen LogP) is 2.20. The molecule has 0 saturated heterocycles. The summed E-state index contributed by atoms with van der Waals surface area (Å²) in [5, 5.41) is -0.0435. The lowest BCUT2D eigenvalue weighted by molar-refractivity contribution is -0.325. The van der Waals surface area contributed by atoms with E-state index in [4.69, 9.17) is 11.6 Å². The average Bonchev–Trinajstić information content (AvgIpc) is 2.16. The molecule has 1 aromatic heterocycles. The lowest BCUT2D eigenvalue weighted by Gasteiger charge is -2.08. The number of alkyl halides is 3. The SMILES string of the molecule is O=c1c(Br)c(Cl)ncn1CCOC(F)(F)F. The predicted molar refractivity (Wildman–Crippen MR) is 53.2 cm³/mol. The van der Waals surface area contributed by atoms with Gasteiger partial charge < -0.3 is 0 Å². The molecule has 0 aromatic carbocycles. The summed E-state index contributed by atoms with van der Waals surface area (Å²) in [6, 6.07) is 0. The van der Waals surface area contributed by atoms with Crippen molar-refractivity contribution in [3.05, 3.63) is 26.3 Å². The van der Waals surface area contributed by atoms with Crippen molar-refractivity contribution in [2.24, 2.45) is 0 Å². The van der Waals surface area contributed by atoms with Crippen LogP contribution in [-0.2, 0) is 11.3 Å². The quantitative estimate of drug-likeness (QED) is 0.802. The third kappa shape index (κ3) is 3.76. The first-order chi connectivity index (χ1) is 7.31. The monoisotopic (exact) mass is 320 g/mol. The second-order valence-corrected chi connectivity index (χ2v) is 3.79. The van der Waals surface area contributed by atoms with Gasteiger partial charge in [0, 0.05) is 0 Å². The molecule has 0 atom stereocenters. The molecule has 0 amide bonds. The molecule has 0 unspecified atom stereocenters. The highest BCUT2D eigenvalue weighted by atomic mass is 79.9. The fraction of sp³-hybridized carbons (Fsp3) is 0.429. The molecule has 4 nitrogen and oxygen atoms in total. The Morgan fingerprint density at radius 2 is 2.19 bits per heavy atom. The molecule has 0 aliphatic carbocycles. The van der Waals surface area contributed by atoms with E-state index in [1.165, 1.54) is 0 Å². The van der Waals surface area contributed by atoms with Crippen molar-refractivity contribution in [1.29, 1.82) is 0 Å². The topological polar surface area (TPSA) is 44.1 Å². The van der Waals surface area contributed by atoms with Crippen molar-refractivity contribution in [1.82, 2.24) is 9.55 Å². The van der Waals surface area contributed by atoms with Crippen LogP contribution in [0, 0.1) is 0 Å². The molecule has 0 radical (unpaired) electrons. The van der Waals surface area contributed by atoms with E-state index >= 15 is 0 Å². The molecule has 0 aliphatic rings. The van der Waals surface area contributed by atoms with E-state index in [1.54, 1.807) is 0 Å². The van der Waals surface area contributed by atoms with E-state index in [0.717, 1.165) is 10.9 Å². The minimum atomic E-state index is -4.71. The van der Waals surface area contributed by atoms with Gasteiger partial charge in [-0.25, -0.2) is 4.98 Å². The number of rotatable bonds is 3. The third-order valence-electron chi connectivity index (χ3n) is 1.54. The molecule has 9 heteroatoms. The Labute approximate surface area is 101 Å². The van der Waals surface area contributed by atoms with Crippen LogP contribution in [0.25, 0.3) is 0 Å². The standard InChI is InChI=1S/C7H5BrClF3N2O2/c8-4-5(9)13-3-14(6(4)15)1-2-16-7(10,11)12/h3H,1-2H2. The van der Waals surface area contributed by atoms with Crippen LogP contribution >= 0.6 is 27.5 Å². The highest BCUT2D eigenvalue weighted by Crippen LogP contribution is 2.16. The zero-order chi connectivity index (χ0) is 12.3. The average molecular weight is 321 g/mol. The summed E-state index contributed by atoms with van der Waals surface area (Å²) < 4.78 is 39.4. The van der Waals surface area contributed by atoms with Crippen LogP contribution < -0.4 is 5.56 Å². The minimum Gasteiger partial charge on any atom is -0.296 e. The summed E-state index contributed by atoms with van der Waals surface area (Å²) in [5.74, 6) is 0. The van der Waals surface area contributed by atoms with Gasteiger partial charge in [0.25, 0.3) is 5.56 Å². The molecule has 90 valence electrons. The maximum Gasteiger partial charge on any atom is 0.522 e. The van der Waals surface area contributed by atoms with E-state index < -0.39 is 18.5 Å². The Kier molecular flexibility index (Phi) is 4.34. The lowest BCUT2D eigenvalue weighted by atomic mass is 10.6. The van der Waals surface area contributed by atoms with Gasteiger partial charge in [-0.3, -0.25) is 14.1 Å². The number of aromatic nitrogens is 2. The maximum absolute atomic E-state index is 11.6. The van der Waals surface area contributed by atoms with Crippen molar-refractivity contribution in [3.63, 3.8) is 0 Å². The number of hydrogen-bond acceptors (Lipinski definition) is 3. The van der Waals surface area contributed by atoms with Gasteiger partial charge in [0.05, 0.1) is 19.5 Å². The Morgan fingerprint density at radius 1 is 1.56 bits per heavy atom. The fourth-order valence-corrected chi connectivity index (χ4v) is 1.32. The second kappa shape index (κ2) is 5.15. The molecule has 0 aliphatic heterocycles. The van der Waals surface area contributed by atoms with Crippen LogP contribution in [0.15, 0.2) is 15.6 Å². The Hall–Kier alpha value is -0.600. The van der Waals surface area contributed by atoms with Gasteiger partial charge >= 0.3 is 6.36 Å².